The second-order valence-electron chi connectivity index (χ2n) is 19.7. The molecule has 65 heavy (non-hydrogen) atoms. The molecule has 6 saturated heterocycles. The van der Waals surface area contributed by atoms with Crippen molar-refractivity contribution in [1.29, 1.82) is 0 Å². The Balaban J connectivity index is 0.000000195. The van der Waals surface area contributed by atoms with Crippen molar-refractivity contribution in [3.05, 3.63) is 53.9 Å². The van der Waals surface area contributed by atoms with Crippen LogP contribution in [-0.2, 0) is 14.3 Å². The summed E-state index contributed by atoms with van der Waals surface area (Å²) in [5, 5.41) is 28.1. The maximum absolute atomic E-state index is 12.2. The number of likely N-dealkylation sites (tertiary alicyclic amines) is 4. The zero-order chi connectivity index (χ0) is 44.8. The molecule has 3 aromatic rings. The maximum atomic E-state index is 12.2. The van der Waals surface area contributed by atoms with E-state index in [-0.39, 0.29) is 32.8 Å². The Labute approximate surface area is 389 Å². The molecule has 0 saturated carbocycles. The minimum Gasteiger partial charge on any atom is -0.444 e. The predicted molar refractivity (Wildman–Crippen MR) is 255 cm³/mol. The van der Waals surface area contributed by atoms with Gasteiger partial charge in [-0.3, -0.25) is 29.9 Å². The average molecular weight is 909 g/mol. The number of ether oxygens (including phenoxy) is 2. The van der Waals surface area contributed by atoms with E-state index in [1.54, 1.807) is 11.1 Å². The number of piperidine rings is 3. The number of aromatic nitrogens is 6. The minimum atomic E-state index is -0.460. The van der Waals surface area contributed by atoms with Crippen LogP contribution in [0.4, 0.5) is 9.59 Å². The largest absolute Gasteiger partial charge is 0.444 e. The Kier molecular flexibility index (Phi) is 21.0. The normalized spacial score (nSPS) is 23.4. The van der Waals surface area contributed by atoms with E-state index in [1.165, 1.54) is 88.1 Å². The third-order valence-corrected chi connectivity index (χ3v) is 12.6. The molecule has 0 radical (unpaired) electrons. The fourth-order valence-corrected chi connectivity index (χ4v) is 9.55. The average Bonchev–Trinajstić information content (AvgIpc) is 4.12. The van der Waals surface area contributed by atoms with Crippen LogP contribution in [0.2, 0.25) is 0 Å². The van der Waals surface area contributed by atoms with Gasteiger partial charge in [0.25, 0.3) is 0 Å². The van der Waals surface area contributed by atoms with Crippen LogP contribution in [0.1, 0.15) is 169 Å². The van der Waals surface area contributed by atoms with Gasteiger partial charge in [-0.2, -0.15) is 15.3 Å². The molecule has 9 heterocycles. The highest BCUT2D eigenvalue weighted by atomic mass is 16.6. The third-order valence-electron chi connectivity index (χ3n) is 12.6. The molecule has 2 amide bonds. The van der Waals surface area contributed by atoms with Gasteiger partial charge in [-0.25, -0.2) is 9.59 Å². The van der Waals surface area contributed by atoms with Crippen molar-refractivity contribution in [2.45, 2.75) is 175 Å². The number of hydrogen-bond acceptors (Lipinski definition) is 12. The van der Waals surface area contributed by atoms with Gasteiger partial charge in [0.05, 0.1) is 29.2 Å². The number of Topliss-reactive ketones (excluding diaryl/α,β-unsaturated/α-hetero) is 1. The number of hydrogen-bond donors (Lipinski definition) is 5. The van der Waals surface area contributed by atoms with Crippen LogP contribution in [0.15, 0.2) is 36.8 Å². The molecule has 3 atom stereocenters. The van der Waals surface area contributed by atoms with Crippen LogP contribution >= 0.6 is 0 Å². The number of carbonyl (C=O) groups excluding carboxylic acids is 3. The predicted octanol–water partition coefficient (Wildman–Crippen LogP) is 7.94. The number of carbonyl (C=O) groups is 3. The lowest BCUT2D eigenvalue weighted by Gasteiger charge is -2.39. The first-order chi connectivity index (χ1) is 30.2. The lowest BCUT2D eigenvalue weighted by atomic mass is 10.0. The van der Waals surface area contributed by atoms with E-state index in [1.807, 2.05) is 64.9 Å². The quantitative estimate of drug-likeness (QED) is 0.166. The number of H-pyrrole nitrogens is 3. The van der Waals surface area contributed by atoms with Gasteiger partial charge in [0.1, 0.15) is 17.0 Å². The highest BCUT2D eigenvalue weighted by Crippen LogP contribution is 2.36. The summed E-state index contributed by atoms with van der Waals surface area (Å²) in [6, 6.07) is 9.14. The highest BCUT2D eigenvalue weighted by Gasteiger charge is 2.36. The van der Waals surface area contributed by atoms with E-state index >= 15 is 0 Å². The Morgan fingerprint density at radius 3 is 1.43 bits per heavy atom. The fraction of sp³-hybridized carbons (Fsp3) is 0.750. The van der Waals surface area contributed by atoms with Gasteiger partial charge < -0.3 is 29.9 Å². The molecule has 3 aromatic heterocycles. The number of nitrogens with zero attached hydrogens (tertiary/aromatic N) is 7. The number of aromatic amines is 3. The summed E-state index contributed by atoms with van der Waals surface area (Å²) in [5.41, 5.74) is 2.86. The van der Waals surface area contributed by atoms with Gasteiger partial charge in [0.2, 0.25) is 0 Å². The van der Waals surface area contributed by atoms with E-state index in [2.05, 4.69) is 63.2 Å². The molecule has 0 spiro atoms. The molecule has 0 aromatic carbocycles. The number of ketones is 1. The molecule has 6 fully saturated rings. The summed E-state index contributed by atoms with van der Waals surface area (Å²) in [4.78, 5) is 43.3. The van der Waals surface area contributed by atoms with E-state index in [0.717, 1.165) is 45.1 Å². The Morgan fingerprint density at radius 1 is 0.569 bits per heavy atom. The van der Waals surface area contributed by atoms with Crippen molar-refractivity contribution >= 4 is 18.0 Å². The monoisotopic (exact) mass is 909 g/mol. The van der Waals surface area contributed by atoms with Crippen molar-refractivity contribution in [3.63, 3.8) is 0 Å². The minimum absolute atomic E-state index is 0. The number of rotatable bonds is 5. The van der Waals surface area contributed by atoms with Crippen molar-refractivity contribution in [3.8, 4) is 0 Å². The van der Waals surface area contributed by atoms with Crippen molar-refractivity contribution in [1.82, 2.24) is 60.8 Å². The molecule has 9 rings (SSSR count). The summed E-state index contributed by atoms with van der Waals surface area (Å²) in [5.74, 6) is 0.227. The zero-order valence-corrected chi connectivity index (χ0v) is 38.9. The molecule has 366 valence electrons. The first-order valence-electron chi connectivity index (χ1n) is 23.6. The summed E-state index contributed by atoms with van der Waals surface area (Å²) < 4.78 is 10.7. The van der Waals surface area contributed by atoms with Crippen LogP contribution in [-0.4, -0.2) is 150 Å². The highest BCUT2D eigenvalue weighted by molar-refractivity contribution is 5.81. The third kappa shape index (κ3) is 16.5. The van der Waals surface area contributed by atoms with Gasteiger partial charge in [0.15, 0.2) is 0 Å². The second-order valence-corrected chi connectivity index (χ2v) is 19.7. The Morgan fingerprint density at radius 2 is 1.02 bits per heavy atom. The lowest BCUT2D eigenvalue weighted by Crippen LogP contribution is -2.47. The molecule has 0 bridgehead atoms. The van der Waals surface area contributed by atoms with Crippen molar-refractivity contribution < 1.29 is 23.9 Å². The lowest BCUT2D eigenvalue weighted by molar-refractivity contribution is -0.121. The van der Waals surface area contributed by atoms with E-state index in [9.17, 15) is 14.4 Å². The summed E-state index contributed by atoms with van der Waals surface area (Å²) in [6.07, 6.45) is 18.1. The molecule has 6 aliphatic heterocycles. The van der Waals surface area contributed by atoms with Gasteiger partial charge in [-0.15, -0.1) is 0 Å². The van der Waals surface area contributed by atoms with Gasteiger partial charge >= 0.3 is 12.2 Å². The standard InChI is InChI=1S/C17H28N4O2.C12H20N4.C10H17NO3.C7H11N3.2CH4/c1-17(2,3)23-16(22)20-11-7-13(8-12-20)21-10-4-5-15(21)14-6-9-18-19-14;1-2-12(11-5-8-14-15-11)16(9-1)10-3-6-13-7-4-10;1-10(2,3)14-9(13)11-6-4-8(12)5-7-11;1-2-6(8-4-1)7-3-5-9-10-7;;/h6,9,13,15H,4-5,7-8,10-12H2,1-3H3,(H,18,19);5,8,10,12-13H,1-4,6-7,9H2,(H,14,15);4-7H2,1-3H3;3,5-6,8H,1-2,4H2,(H,9,10);2*1H4. The topological polar surface area (TPSA) is 193 Å². The fourth-order valence-electron chi connectivity index (χ4n) is 9.55. The van der Waals surface area contributed by atoms with Crippen LogP contribution in [0, 0.1) is 0 Å². The molecule has 0 aliphatic carbocycles. The number of amides is 2. The first kappa shape index (κ1) is 53.3. The van der Waals surface area contributed by atoms with Gasteiger partial charge in [0, 0.05) is 75.7 Å². The Hall–Kier alpha value is -4.32. The van der Waals surface area contributed by atoms with E-state index in [4.69, 9.17) is 9.47 Å². The van der Waals surface area contributed by atoms with Crippen molar-refractivity contribution in [2.75, 3.05) is 58.9 Å². The molecular weight excluding hydrogens is 825 g/mol. The van der Waals surface area contributed by atoms with Crippen LogP contribution in [0.5, 0.6) is 0 Å². The zero-order valence-electron chi connectivity index (χ0n) is 38.9. The molecule has 5 N–H and O–H groups in total. The number of nitrogens with one attached hydrogen (secondary N) is 5. The maximum Gasteiger partial charge on any atom is 0.410 e. The first-order valence-corrected chi connectivity index (χ1v) is 23.6. The molecule has 17 heteroatoms. The molecule has 17 nitrogen and oxygen atoms in total. The van der Waals surface area contributed by atoms with Gasteiger partial charge in [-0.05, 0) is 157 Å². The summed E-state index contributed by atoms with van der Waals surface area (Å²) >= 11 is 0. The van der Waals surface area contributed by atoms with Crippen LogP contribution in [0.3, 0.4) is 0 Å². The SMILES string of the molecule is C.C.CC(C)(C)OC(=O)N1CCC(=O)CC1.CC(C)(C)OC(=O)N1CCC(N2CCCC2c2ccn[nH]2)CC1.c1cc(C2CCCN2)[nH]n1.c1cc(C2CCCN2C2CCNCC2)[nH]n1. The Bertz CT molecular complexity index is 1760. The van der Waals surface area contributed by atoms with Gasteiger partial charge in [-0.1, -0.05) is 14.9 Å². The smallest absolute Gasteiger partial charge is 0.410 e. The molecule has 3 unspecified atom stereocenters. The molecule has 6 aliphatic rings. The molecular formula is C48H84N12O5. The van der Waals surface area contributed by atoms with Crippen LogP contribution < -0.4 is 10.6 Å². The van der Waals surface area contributed by atoms with Crippen molar-refractivity contribution in [2.24, 2.45) is 0 Å². The summed E-state index contributed by atoms with van der Waals surface area (Å²) in [7, 11) is 0. The van der Waals surface area contributed by atoms with Crippen LogP contribution in [0.25, 0.3) is 0 Å². The summed E-state index contributed by atoms with van der Waals surface area (Å²) in [6.45, 7) is 19.7. The van der Waals surface area contributed by atoms with E-state index in [0.29, 0.717) is 50.1 Å². The van der Waals surface area contributed by atoms with E-state index < -0.39 is 11.2 Å². The second kappa shape index (κ2) is 25.6.